The summed E-state index contributed by atoms with van der Waals surface area (Å²) in [5.41, 5.74) is 3.21. The van der Waals surface area contributed by atoms with Crippen molar-refractivity contribution in [3.63, 3.8) is 0 Å². The number of hydrogen-bond donors (Lipinski definition) is 1. The van der Waals surface area contributed by atoms with Crippen LogP contribution in [0.1, 0.15) is 36.7 Å². The zero-order valence-corrected chi connectivity index (χ0v) is 18.7. The predicted octanol–water partition coefficient (Wildman–Crippen LogP) is 4.74. The van der Waals surface area contributed by atoms with Gasteiger partial charge in [-0.05, 0) is 51.4 Å². The number of carbonyl (C=O) groups is 1. The first-order valence-electron chi connectivity index (χ1n) is 11.2. The molecule has 1 fully saturated rings. The Bertz CT molecular complexity index is 1070. The molecule has 1 aromatic heterocycles. The van der Waals surface area contributed by atoms with E-state index in [1.54, 1.807) is 6.07 Å². The van der Waals surface area contributed by atoms with Crippen molar-refractivity contribution in [2.75, 3.05) is 19.7 Å². The number of aryl methyl sites for hydroxylation is 1. The van der Waals surface area contributed by atoms with Gasteiger partial charge in [-0.3, -0.25) is 9.69 Å². The van der Waals surface area contributed by atoms with Crippen LogP contribution in [-0.2, 0) is 22.5 Å². The molecule has 0 unspecified atom stereocenters. The van der Waals surface area contributed by atoms with Gasteiger partial charge in [-0.15, -0.1) is 0 Å². The highest BCUT2D eigenvalue weighted by molar-refractivity contribution is 5.77. The van der Waals surface area contributed by atoms with Gasteiger partial charge in [0.25, 0.3) is 0 Å². The number of aromatic nitrogens is 1. The summed E-state index contributed by atoms with van der Waals surface area (Å²) >= 11 is 0. The molecule has 0 saturated carbocycles. The fourth-order valence-corrected chi connectivity index (χ4v) is 4.48. The molecule has 6 heteroatoms. The molecule has 2 aromatic carbocycles. The molecule has 32 heavy (non-hydrogen) atoms. The van der Waals surface area contributed by atoms with Crippen LogP contribution < -0.4 is 0 Å². The molecule has 168 valence electrons. The van der Waals surface area contributed by atoms with Crippen molar-refractivity contribution in [2.45, 2.75) is 39.7 Å². The molecular formula is C26H30N2O4. The number of piperidine rings is 1. The van der Waals surface area contributed by atoms with Crippen LogP contribution in [0.15, 0.2) is 59.1 Å². The minimum absolute atomic E-state index is 0.170. The van der Waals surface area contributed by atoms with E-state index in [2.05, 4.69) is 10.1 Å². The average molecular weight is 435 g/mol. The number of hydrogen-bond acceptors (Lipinski definition) is 6. The Morgan fingerprint density at radius 3 is 2.59 bits per heavy atom. The SMILES string of the molecule is CCOC(=O)C1(Cc2cc(-c3ccccc3C)no2)CCN(Cc2ccccc2O)CC1. The minimum atomic E-state index is -0.631. The highest BCUT2D eigenvalue weighted by atomic mass is 16.5. The van der Waals surface area contributed by atoms with Gasteiger partial charge in [-0.25, -0.2) is 0 Å². The summed E-state index contributed by atoms with van der Waals surface area (Å²) in [4.78, 5) is 15.3. The maximum Gasteiger partial charge on any atom is 0.312 e. The van der Waals surface area contributed by atoms with Gasteiger partial charge < -0.3 is 14.4 Å². The van der Waals surface area contributed by atoms with Crippen molar-refractivity contribution >= 4 is 5.97 Å². The van der Waals surface area contributed by atoms with Crippen LogP contribution in [0.4, 0.5) is 0 Å². The lowest BCUT2D eigenvalue weighted by Crippen LogP contribution is -2.46. The minimum Gasteiger partial charge on any atom is -0.508 e. The van der Waals surface area contributed by atoms with E-state index >= 15 is 0 Å². The third-order valence-corrected chi connectivity index (χ3v) is 6.40. The molecule has 1 saturated heterocycles. The van der Waals surface area contributed by atoms with E-state index in [1.807, 2.05) is 62.4 Å². The molecule has 0 spiro atoms. The van der Waals surface area contributed by atoms with Gasteiger partial charge in [0, 0.05) is 30.2 Å². The molecule has 0 aliphatic carbocycles. The zero-order chi connectivity index (χ0) is 22.6. The number of phenolic OH excluding ortho intramolecular Hbond substituents is 1. The van der Waals surface area contributed by atoms with Crippen LogP contribution in [0.25, 0.3) is 11.3 Å². The van der Waals surface area contributed by atoms with E-state index in [-0.39, 0.29) is 5.97 Å². The second kappa shape index (κ2) is 9.57. The maximum absolute atomic E-state index is 13.0. The number of aromatic hydroxyl groups is 1. The first-order valence-corrected chi connectivity index (χ1v) is 11.2. The molecule has 3 aromatic rings. The predicted molar refractivity (Wildman–Crippen MR) is 122 cm³/mol. The Morgan fingerprint density at radius 1 is 1.16 bits per heavy atom. The Hall–Kier alpha value is -3.12. The van der Waals surface area contributed by atoms with Crippen molar-refractivity contribution < 1.29 is 19.2 Å². The number of phenols is 1. The van der Waals surface area contributed by atoms with Crippen molar-refractivity contribution in [1.82, 2.24) is 10.1 Å². The van der Waals surface area contributed by atoms with E-state index in [1.165, 1.54) is 0 Å². The van der Waals surface area contributed by atoms with Crippen LogP contribution in [0.2, 0.25) is 0 Å². The molecule has 1 aliphatic rings. The number of benzene rings is 2. The lowest BCUT2D eigenvalue weighted by molar-refractivity contribution is -0.159. The van der Waals surface area contributed by atoms with Gasteiger partial charge in [0.1, 0.15) is 17.2 Å². The quantitative estimate of drug-likeness (QED) is 0.541. The highest BCUT2D eigenvalue weighted by Crippen LogP contribution is 2.38. The Balaban J connectivity index is 1.49. The van der Waals surface area contributed by atoms with Gasteiger partial charge in [0.2, 0.25) is 0 Å². The van der Waals surface area contributed by atoms with E-state index < -0.39 is 5.41 Å². The monoisotopic (exact) mass is 434 g/mol. The molecule has 6 nitrogen and oxygen atoms in total. The number of para-hydroxylation sites is 1. The summed E-state index contributed by atoms with van der Waals surface area (Å²) in [5.74, 6) is 0.835. The molecule has 0 atom stereocenters. The standard InChI is InChI=1S/C26H30N2O4/c1-3-31-25(30)26(12-14-28(15-13-26)18-20-9-5-7-11-24(20)29)17-21-16-23(27-32-21)22-10-6-4-8-19(22)2/h4-11,16,29H,3,12-15,17-18H2,1-2H3. The van der Waals surface area contributed by atoms with Crippen molar-refractivity contribution in [3.05, 3.63) is 71.5 Å². The fourth-order valence-electron chi connectivity index (χ4n) is 4.48. The molecular weight excluding hydrogens is 404 g/mol. The van der Waals surface area contributed by atoms with Crippen LogP contribution in [0, 0.1) is 12.3 Å². The summed E-state index contributed by atoms with van der Waals surface area (Å²) in [7, 11) is 0. The Morgan fingerprint density at radius 2 is 1.88 bits per heavy atom. The second-order valence-electron chi connectivity index (χ2n) is 8.58. The number of nitrogens with zero attached hydrogens (tertiary/aromatic N) is 2. The second-order valence-corrected chi connectivity index (χ2v) is 8.58. The fraction of sp³-hybridized carbons (Fsp3) is 0.385. The lowest BCUT2D eigenvalue weighted by Gasteiger charge is -2.39. The third kappa shape index (κ3) is 4.70. The van der Waals surface area contributed by atoms with Crippen LogP contribution in [-0.4, -0.2) is 40.8 Å². The maximum atomic E-state index is 13.0. The summed E-state index contributed by atoms with van der Waals surface area (Å²) in [6, 6.07) is 17.4. The normalized spacial score (nSPS) is 16.1. The topological polar surface area (TPSA) is 75.8 Å². The molecule has 1 aliphatic heterocycles. The van der Waals surface area contributed by atoms with Crippen molar-refractivity contribution in [1.29, 1.82) is 0 Å². The molecule has 2 heterocycles. The smallest absolute Gasteiger partial charge is 0.312 e. The van der Waals surface area contributed by atoms with Gasteiger partial charge in [-0.1, -0.05) is 47.6 Å². The number of esters is 1. The van der Waals surface area contributed by atoms with Gasteiger partial charge in [0.05, 0.1) is 12.0 Å². The summed E-state index contributed by atoms with van der Waals surface area (Å²) in [6.45, 7) is 6.38. The zero-order valence-electron chi connectivity index (χ0n) is 18.7. The number of likely N-dealkylation sites (tertiary alicyclic amines) is 1. The Labute approximate surface area is 188 Å². The van der Waals surface area contributed by atoms with E-state index in [9.17, 15) is 9.90 Å². The van der Waals surface area contributed by atoms with Gasteiger partial charge >= 0.3 is 5.97 Å². The van der Waals surface area contributed by atoms with E-state index in [0.717, 1.165) is 35.5 Å². The molecule has 1 N–H and O–H groups in total. The first-order chi connectivity index (χ1) is 15.5. The largest absolute Gasteiger partial charge is 0.508 e. The summed E-state index contributed by atoms with van der Waals surface area (Å²) in [5, 5.41) is 14.4. The Kier molecular flexibility index (Phi) is 6.61. The van der Waals surface area contributed by atoms with Crippen molar-refractivity contribution in [3.8, 4) is 17.0 Å². The number of ether oxygens (including phenoxy) is 1. The van der Waals surface area contributed by atoms with Crippen LogP contribution >= 0.6 is 0 Å². The van der Waals surface area contributed by atoms with Crippen molar-refractivity contribution in [2.24, 2.45) is 5.41 Å². The molecule has 0 amide bonds. The van der Waals surface area contributed by atoms with Crippen LogP contribution in [0.3, 0.4) is 0 Å². The first kappa shape index (κ1) is 22.1. The lowest BCUT2D eigenvalue weighted by atomic mass is 9.74. The van der Waals surface area contributed by atoms with Crippen LogP contribution in [0.5, 0.6) is 5.75 Å². The number of carbonyl (C=O) groups excluding carboxylic acids is 1. The summed E-state index contributed by atoms with van der Waals surface area (Å²) < 4.78 is 11.1. The molecule has 0 bridgehead atoms. The van der Waals surface area contributed by atoms with E-state index in [4.69, 9.17) is 9.26 Å². The van der Waals surface area contributed by atoms with E-state index in [0.29, 0.717) is 43.9 Å². The third-order valence-electron chi connectivity index (χ3n) is 6.40. The van der Waals surface area contributed by atoms with Gasteiger partial charge in [0.15, 0.2) is 0 Å². The highest BCUT2D eigenvalue weighted by Gasteiger charge is 2.43. The average Bonchev–Trinajstić information content (AvgIpc) is 3.25. The summed E-state index contributed by atoms with van der Waals surface area (Å²) in [6.07, 6.45) is 1.80. The van der Waals surface area contributed by atoms with Gasteiger partial charge in [-0.2, -0.15) is 0 Å². The molecule has 4 rings (SSSR count). The molecule has 0 radical (unpaired) electrons. The number of rotatable bonds is 7.